The first-order valence-electron chi connectivity index (χ1n) is 8.43. The van der Waals surface area contributed by atoms with Gasteiger partial charge in [-0.25, -0.2) is 9.18 Å². The van der Waals surface area contributed by atoms with Gasteiger partial charge < -0.3 is 15.3 Å². The van der Waals surface area contributed by atoms with Crippen LogP contribution in [0.4, 0.5) is 9.18 Å². The van der Waals surface area contributed by atoms with Crippen LogP contribution in [-0.4, -0.2) is 42.3 Å². The van der Waals surface area contributed by atoms with Gasteiger partial charge in [0.2, 0.25) is 0 Å². The number of hydrogen-bond donors (Lipinski definition) is 2. The Balaban J connectivity index is 1.55. The molecular weight excluding hydrogens is 295 g/mol. The molecule has 1 aromatic carbocycles. The quantitative estimate of drug-likeness (QED) is 0.847. The number of benzene rings is 1. The summed E-state index contributed by atoms with van der Waals surface area (Å²) in [6.07, 6.45) is 4.85. The third-order valence-electron chi connectivity index (χ3n) is 5.32. The fourth-order valence-electron chi connectivity index (χ4n) is 3.35. The van der Waals surface area contributed by atoms with Gasteiger partial charge in [-0.15, -0.1) is 0 Å². The minimum Gasteiger partial charge on any atom is -0.391 e. The molecule has 0 radical (unpaired) electrons. The lowest BCUT2D eigenvalue weighted by atomic mass is 9.64. The van der Waals surface area contributed by atoms with Gasteiger partial charge in [0, 0.05) is 25.6 Å². The lowest BCUT2D eigenvalue weighted by Gasteiger charge is -2.43. The number of carbonyl (C=O) groups is 1. The highest BCUT2D eigenvalue weighted by Gasteiger charge is 2.39. The topological polar surface area (TPSA) is 52.6 Å². The molecule has 1 atom stereocenters. The average Bonchev–Trinajstić information content (AvgIpc) is 3.32. The van der Waals surface area contributed by atoms with Crippen LogP contribution in [0.2, 0.25) is 0 Å². The van der Waals surface area contributed by atoms with Crippen molar-refractivity contribution in [1.29, 1.82) is 0 Å². The molecule has 3 rings (SSSR count). The molecule has 5 heteroatoms. The van der Waals surface area contributed by atoms with E-state index in [9.17, 15) is 14.3 Å². The number of amides is 2. The summed E-state index contributed by atoms with van der Waals surface area (Å²) in [5.74, 6) is 0.128. The van der Waals surface area contributed by atoms with E-state index in [4.69, 9.17) is 0 Å². The van der Waals surface area contributed by atoms with Gasteiger partial charge in [0.1, 0.15) is 5.82 Å². The molecule has 2 aliphatic rings. The van der Waals surface area contributed by atoms with Crippen molar-refractivity contribution >= 4 is 6.03 Å². The van der Waals surface area contributed by atoms with Crippen LogP contribution in [0.1, 0.15) is 37.7 Å². The first kappa shape index (κ1) is 16.2. The van der Waals surface area contributed by atoms with E-state index in [0.29, 0.717) is 19.0 Å². The van der Waals surface area contributed by atoms with Crippen LogP contribution in [0.5, 0.6) is 0 Å². The number of urea groups is 1. The Labute approximate surface area is 136 Å². The number of aliphatic hydroxyl groups is 1. The molecule has 0 aliphatic heterocycles. The monoisotopic (exact) mass is 320 g/mol. The SMILES string of the molecule is CN(C[C@@H](O)C1CC1)C(=O)NCC1(c2ccc(F)cc2)CCC1. The molecule has 2 N–H and O–H groups in total. The summed E-state index contributed by atoms with van der Waals surface area (Å²) in [6.45, 7) is 0.932. The molecule has 2 amide bonds. The maximum atomic E-state index is 13.1. The Morgan fingerprint density at radius 3 is 2.57 bits per heavy atom. The summed E-state index contributed by atoms with van der Waals surface area (Å²) in [5, 5.41) is 12.9. The first-order valence-corrected chi connectivity index (χ1v) is 8.43. The van der Waals surface area contributed by atoms with Gasteiger partial charge in [0.15, 0.2) is 0 Å². The number of aliphatic hydroxyl groups excluding tert-OH is 1. The minimum atomic E-state index is -0.416. The van der Waals surface area contributed by atoms with E-state index in [0.717, 1.165) is 37.7 Å². The maximum absolute atomic E-state index is 13.1. The highest BCUT2D eigenvalue weighted by molar-refractivity contribution is 5.74. The predicted octanol–water partition coefficient (Wildman–Crippen LogP) is 2.66. The van der Waals surface area contributed by atoms with Gasteiger partial charge in [-0.05, 0) is 49.3 Å². The summed E-state index contributed by atoms with van der Waals surface area (Å²) >= 11 is 0. The van der Waals surface area contributed by atoms with E-state index in [1.54, 1.807) is 11.9 Å². The second-order valence-electron chi connectivity index (χ2n) is 7.08. The van der Waals surface area contributed by atoms with Crippen LogP contribution in [0.3, 0.4) is 0 Å². The smallest absolute Gasteiger partial charge is 0.317 e. The molecule has 0 bridgehead atoms. The van der Waals surface area contributed by atoms with Crippen molar-refractivity contribution in [1.82, 2.24) is 10.2 Å². The molecule has 0 heterocycles. The standard InChI is InChI=1S/C18H25FN2O2/c1-21(11-16(22)13-3-4-13)17(23)20-12-18(9-2-10-18)14-5-7-15(19)8-6-14/h5-8,13,16,22H,2-4,9-12H2,1H3,(H,20,23)/t16-/m1/s1. The van der Waals surface area contributed by atoms with Crippen LogP contribution >= 0.6 is 0 Å². The van der Waals surface area contributed by atoms with Crippen molar-refractivity contribution < 1.29 is 14.3 Å². The molecule has 23 heavy (non-hydrogen) atoms. The zero-order valence-corrected chi connectivity index (χ0v) is 13.6. The molecule has 0 saturated heterocycles. The number of likely N-dealkylation sites (N-methyl/N-ethyl adjacent to an activating group) is 1. The number of rotatable bonds is 6. The van der Waals surface area contributed by atoms with Crippen molar-refractivity contribution in [2.45, 2.75) is 43.6 Å². The van der Waals surface area contributed by atoms with Gasteiger partial charge in [-0.2, -0.15) is 0 Å². The van der Waals surface area contributed by atoms with E-state index < -0.39 is 6.10 Å². The Bertz CT molecular complexity index is 553. The molecule has 0 spiro atoms. The molecular formula is C18H25FN2O2. The Morgan fingerprint density at radius 1 is 1.39 bits per heavy atom. The molecule has 0 aromatic heterocycles. The first-order chi connectivity index (χ1) is 11.0. The van der Waals surface area contributed by atoms with E-state index >= 15 is 0 Å². The molecule has 2 saturated carbocycles. The summed E-state index contributed by atoms with van der Waals surface area (Å²) in [6, 6.07) is 6.45. The van der Waals surface area contributed by atoms with E-state index in [2.05, 4.69) is 5.32 Å². The third kappa shape index (κ3) is 3.66. The van der Waals surface area contributed by atoms with E-state index in [1.165, 1.54) is 12.1 Å². The van der Waals surface area contributed by atoms with Gasteiger partial charge in [-0.3, -0.25) is 0 Å². The maximum Gasteiger partial charge on any atom is 0.317 e. The van der Waals surface area contributed by atoms with Gasteiger partial charge in [0.25, 0.3) is 0 Å². The second kappa shape index (κ2) is 6.48. The largest absolute Gasteiger partial charge is 0.391 e. The zero-order chi connectivity index (χ0) is 16.4. The molecule has 0 unspecified atom stereocenters. The average molecular weight is 320 g/mol. The summed E-state index contributed by atoms with van der Waals surface area (Å²) in [7, 11) is 1.71. The molecule has 126 valence electrons. The number of carbonyl (C=O) groups excluding carboxylic acids is 1. The number of nitrogens with one attached hydrogen (secondary N) is 1. The van der Waals surface area contributed by atoms with Crippen LogP contribution in [0.25, 0.3) is 0 Å². The van der Waals surface area contributed by atoms with E-state index in [-0.39, 0.29) is 17.3 Å². The zero-order valence-electron chi connectivity index (χ0n) is 13.6. The Hall–Kier alpha value is -1.62. The molecule has 2 aliphatic carbocycles. The highest BCUT2D eigenvalue weighted by atomic mass is 19.1. The Kier molecular flexibility index (Phi) is 4.57. The number of halogens is 1. The summed E-state index contributed by atoms with van der Waals surface area (Å²) in [4.78, 5) is 13.8. The minimum absolute atomic E-state index is 0.0701. The molecule has 4 nitrogen and oxygen atoms in total. The van der Waals surface area contributed by atoms with Gasteiger partial charge in [0.05, 0.1) is 6.10 Å². The predicted molar refractivity (Wildman–Crippen MR) is 86.7 cm³/mol. The van der Waals surface area contributed by atoms with Crippen LogP contribution in [0.15, 0.2) is 24.3 Å². The summed E-state index contributed by atoms with van der Waals surface area (Å²) in [5.41, 5.74) is 1.02. The number of hydrogen-bond acceptors (Lipinski definition) is 2. The van der Waals surface area contributed by atoms with Crippen LogP contribution in [-0.2, 0) is 5.41 Å². The van der Waals surface area contributed by atoms with Crippen LogP contribution in [0, 0.1) is 11.7 Å². The summed E-state index contributed by atoms with van der Waals surface area (Å²) < 4.78 is 13.1. The van der Waals surface area contributed by atoms with Gasteiger partial charge >= 0.3 is 6.03 Å². The van der Waals surface area contributed by atoms with Crippen molar-refractivity contribution in [3.8, 4) is 0 Å². The second-order valence-corrected chi connectivity index (χ2v) is 7.08. The Morgan fingerprint density at radius 2 is 2.04 bits per heavy atom. The van der Waals surface area contributed by atoms with E-state index in [1.807, 2.05) is 12.1 Å². The third-order valence-corrected chi connectivity index (χ3v) is 5.32. The fraction of sp³-hybridized carbons (Fsp3) is 0.611. The molecule has 1 aromatic rings. The molecule has 2 fully saturated rings. The normalized spacial score (nSPS) is 20.5. The highest BCUT2D eigenvalue weighted by Crippen LogP contribution is 2.43. The fourth-order valence-corrected chi connectivity index (χ4v) is 3.35. The lowest BCUT2D eigenvalue weighted by Crippen LogP contribution is -2.49. The van der Waals surface area contributed by atoms with Crippen molar-refractivity contribution in [3.05, 3.63) is 35.6 Å². The lowest BCUT2D eigenvalue weighted by molar-refractivity contribution is 0.112. The van der Waals surface area contributed by atoms with Gasteiger partial charge in [-0.1, -0.05) is 18.6 Å². The van der Waals surface area contributed by atoms with Crippen molar-refractivity contribution in [3.63, 3.8) is 0 Å². The van der Waals surface area contributed by atoms with Crippen LogP contribution < -0.4 is 5.32 Å². The van der Waals surface area contributed by atoms with Crippen molar-refractivity contribution in [2.75, 3.05) is 20.1 Å². The number of nitrogens with zero attached hydrogens (tertiary/aromatic N) is 1. The van der Waals surface area contributed by atoms with Crippen molar-refractivity contribution in [2.24, 2.45) is 5.92 Å².